The number of carbonyl (C=O) groups excluding carboxylic acids is 2. The summed E-state index contributed by atoms with van der Waals surface area (Å²) in [6.45, 7) is 13.2. The lowest BCUT2D eigenvalue weighted by Crippen LogP contribution is -2.52. The minimum Gasteiger partial charge on any atom is -0.463 e. The highest BCUT2D eigenvalue weighted by Gasteiger charge is 2.57. The molecule has 1 rings (SSSR count). The Balaban J connectivity index is 3.12. The monoisotopic (exact) mass is 372 g/mol. The number of methoxy groups -OCH3 is 1. The summed E-state index contributed by atoms with van der Waals surface area (Å²) in [5.74, 6) is -0.274. The van der Waals surface area contributed by atoms with Gasteiger partial charge in [-0.3, -0.25) is 9.59 Å². The molecule has 0 amide bonds. The standard InChI is InChI=1S/C20H36O6/c1-14(2)10-19(5,17(21)24-9-8-23-7)20(6,11-15(3)4)18(22)26-13-16-12-25-16/h14-16H,8-13H2,1-7H3. The van der Waals surface area contributed by atoms with Crippen molar-refractivity contribution in [3.63, 3.8) is 0 Å². The second-order valence-corrected chi connectivity index (χ2v) is 8.54. The van der Waals surface area contributed by atoms with E-state index in [0.29, 0.717) is 26.1 Å². The van der Waals surface area contributed by atoms with Crippen molar-refractivity contribution >= 4 is 11.9 Å². The Morgan fingerprint density at radius 2 is 1.42 bits per heavy atom. The Hall–Kier alpha value is -1.14. The van der Waals surface area contributed by atoms with Crippen molar-refractivity contribution in [2.24, 2.45) is 22.7 Å². The van der Waals surface area contributed by atoms with E-state index in [1.54, 1.807) is 7.11 Å². The Bertz CT molecular complexity index is 471. The van der Waals surface area contributed by atoms with Crippen molar-refractivity contribution < 1.29 is 28.5 Å². The number of hydrogen-bond acceptors (Lipinski definition) is 6. The maximum absolute atomic E-state index is 13.1. The van der Waals surface area contributed by atoms with Crippen molar-refractivity contribution in [3.8, 4) is 0 Å². The van der Waals surface area contributed by atoms with Gasteiger partial charge in [-0.1, -0.05) is 27.7 Å². The zero-order valence-electron chi connectivity index (χ0n) is 17.4. The fraction of sp³-hybridized carbons (Fsp3) is 0.900. The van der Waals surface area contributed by atoms with E-state index in [1.807, 2.05) is 41.5 Å². The smallest absolute Gasteiger partial charge is 0.313 e. The minimum absolute atomic E-state index is 0.00717. The van der Waals surface area contributed by atoms with Gasteiger partial charge in [0.1, 0.15) is 19.3 Å². The number of carbonyl (C=O) groups is 2. The Morgan fingerprint density at radius 3 is 1.81 bits per heavy atom. The van der Waals surface area contributed by atoms with Crippen molar-refractivity contribution in [1.29, 1.82) is 0 Å². The SMILES string of the molecule is COCCOC(=O)C(C)(CC(C)C)C(C)(CC(C)C)C(=O)OCC1CO1. The molecule has 152 valence electrons. The summed E-state index contributed by atoms with van der Waals surface area (Å²) in [5.41, 5.74) is -1.97. The molecule has 1 aliphatic rings. The summed E-state index contributed by atoms with van der Waals surface area (Å²) in [6.07, 6.45) is 1.07. The summed E-state index contributed by atoms with van der Waals surface area (Å²) in [5, 5.41) is 0. The normalized spacial score (nSPS) is 21.2. The van der Waals surface area contributed by atoms with Crippen LogP contribution in [0.2, 0.25) is 0 Å². The fourth-order valence-corrected chi connectivity index (χ4v) is 3.57. The molecule has 1 fully saturated rings. The lowest BCUT2D eigenvalue weighted by Gasteiger charge is -2.44. The molecular formula is C20H36O6. The average Bonchev–Trinajstić information content (AvgIpc) is 3.35. The number of esters is 2. The van der Waals surface area contributed by atoms with Crippen LogP contribution in [0.4, 0.5) is 0 Å². The van der Waals surface area contributed by atoms with Crippen LogP contribution in [0, 0.1) is 22.7 Å². The minimum atomic E-state index is -0.985. The average molecular weight is 373 g/mol. The molecule has 0 radical (unpaired) electrons. The maximum Gasteiger partial charge on any atom is 0.313 e. The molecule has 0 saturated carbocycles. The highest BCUT2D eigenvalue weighted by atomic mass is 16.6. The van der Waals surface area contributed by atoms with Gasteiger partial charge in [0.15, 0.2) is 0 Å². The Morgan fingerprint density at radius 1 is 0.962 bits per heavy atom. The third kappa shape index (κ3) is 5.95. The van der Waals surface area contributed by atoms with Crippen LogP contribution < -0.4 is 0 Å². The molecule has 6 heteroatoms. The molecule has 0 spiro atoms. The summed E-state index contributed by atoms with van der Waals surface area (Å²) in [7, 11) is 1.56. The van der Waals surface area contributed by atoms with Gasteiger partial charge >= 0.3 is 11.9 Å². The van der Waals surface area contributed by atoms with Crippen LogP contribution in [-0.4, -0.2) is 51.6 Å². The van der Waals surface area contributed by atoms with E-state index in [-0.39, 0.29) is 43.1 Å². The number of ether oxygens (including phenoxy) is 4. The fourth-order valence-electron chi connectivity index (χ4n) is 3.57. The van der Waals surface area contributed by atoms with Gasteiger partial charge in [-0.25, -0.2) is 0 Å². The van der Waals surface area contributed by atoms with Crippen molar-refractivity contribution in [2.75, 3.05) is 33.5 Å². The van der Waals surface area contributed by atoms with Crippen LogP contribution >= 0.6 is 0 Å². The first-order chi connectivity index (χ1) is 12.1. The number of hydrogen-bond donors (Lipinski definition) is 0. The molecule has 0 aromatic heterocycles. The van der Waals surface area contributed by atoms with E-state index >= 15 is 0 Å². The van der Waals surface area contributed by atoms with Gasteiger partial charge in [-0.05, 0) is 38.5 Å². The van der Waals surface area contributed by atoms with Crippen LogP contribution in [0.5, 0.6) is 0 Å². The summed E-state index contributed by atoms with van der Waals surface area (Å²) in [6, 6.07) is 0. The topological polar surface area (TPSA) is 74.4 Å². The molecule has 0 aliphatic carbocycles. The van der Waals surface area contributed by atoms with Crippen LogP contribution in [0.1, 0.15) is 54.4 Å². The molecule has 0 bridgehead atoms. The number of epoxide rings is 1. The lowest BCUT2D eigenvalue weighted by molar-refractivity contribution is -0.183. The highest BCUT2D eigenvalue weighted by molar-refractivity contribution is 5.88. The first-order valence-electron chi connectivity index (χ1n) is 9.51. The first kappa shape index (κ1) is 22.9. The van der Waals surface area contributed by atoms with E-state index in [1.165, 1.54) is 0 Å². The zero-order valence-corrected chi connectivity index (χ0v) is 17.4. The molecular weight excluding hydrogens is 336 g/mol. The van der Waals surface area contributed by atoms with Gasteiger partial charge in [0, 0.05) is 7.11 Å². The second-order valence-electron chi connectivity index (χ2n) is 8.54. The van der Waals surface area contributed by atoms with E-state index in [4.69, 9.17) is 18.9 Å². The van der Waals surface area contributed by atoms with Crippen LogP contribution in [0.3, 0.4) is 0 Å². The molecule has 1 saturated heterocycles. The van der Waals surface area contributed by atoms with Gasteiger partial charge in [0.2, 0.25) is 0 Å². The lowest BCUT2D eigenvalue weighted by atomic mass is 9.59. The highest BCUT2D eigenvalue weighted by Crippen LogP contribution is 2.50. The van der Waals surface area contributed by atoms with Crippen LogP contribution in [0.15, 0.2) is 0 Å². The largest absolute Gasteiger partial charge is 0.463 e. The Labute approximate surface area is 157 Å². The first-order valence-corrected chi connectivity index (χ1v) is 9.51. The molecule has 0 aromatic rings. The van der Waals surface area contributed by atoms with Crippen molar-refractivity contribution in [1.82, 2.24) is 0 Å². The predicted octanol–water partition coefficient (Wildman–Crippen LogP) is 3.22. The molecule has 1 aliphatic heterocycles. The Kier molecular flexibility index (Phi) is 8.54. The third-order valence-corrected chi connectivity index (χ3v) is 5.08. The van der Waals surface area contributed by atoms with Crippen molar-refractivity contribution in [2.45, 2.75) is 60.5 Å². The van der Waals surface area contributed by atoms with E-state index < -0.39 is 10.8 Å². The van der Waals surface area contributed by atoms with Gasteiger partial charge in [-0.2, -0.15) is 0 Å². The predicted molar refractivity (Wildman–Crippen MR) is 98.7 cm³/mol. The molecule has 3 unspecified atom stereocenters. The van der Waals surface area contributed by atoms with E-state index in [9.17, 15) is 9.59 Å². The second kappa shape index (κ2) is 9.70. The van der Waals surface area contributed by atoms with Crippen molar-refractivity contribution in [3.05, 3.63) is 0 Å². The van der Waals surface area contributed by atoms with E-state index in [2.05, 4.69) is 0 Å². The van der Waals surface area contributed by atoms with Crippen LogP contribution in [0.25, 0.3) is 0 Å². The van der Waals surface area contributed by atoms with Gasteiger partial charge in [-0.15, -0.1) is 0 Å². The van der Waals surface area contributed by atoms with Gasteiger partial charge in [0.25, 0.3) is 0 Å². The third-order valence-electron chi connectivity index (χ3n) is 5.08. The molecule has 6 nitrogen and oxygen atoms in total. The molecule has 1 heterocycles. The summed E-state index contributed by atoms with van der Waals surface area (Å²) in [4.78, 5) is 26.1. The molecule has 0 aromatic carbocycles. The maximum atomic E-state index is 13.1. The van der Waals surface area contributed by atoms with Crippen LogP contribution in [-0.2, 0) is 28.5 Å². The molecule has 0 N–H and O–H groups in total. The zero-order chi connectivity index (χ0) is 20.0. The molecule has 26 heavy (non-hydrogen) atoms. The van der Waals surface area contributed by atoms with Gasteiger partial charge in [0.05, 0.1) is 24.0 Å². The van der Waals surface area contributed by atoms with E-state index in [0.717, 1.165) is 0 Å². The summed E-state index contributed by atoms with van der Waals surface area (Å²) >= 11 is 0. The summed E-state index contributed by atoms with van der Waals surface area (Å²) < 4.78 is 21.1. The molecule has 3 atom stereocenters. The van der Waals surface area contributed by atoms with Gasteiger partial charge < -0.3 is 18.9 Å². The quantitative estimate of drug-likeness (QED) is 0.297. The number of rotatable bonds is 12.